The Morgan fingerprint density at radius 1 is 1.16 bits per heavy atom. The van der Waals surface area contributed by atoms with Gasteiger partial charge in [0.15, 0.2) is 0 Å². The van der Waals surface area contributed by atoms with Crippen LogP contribution in [-0.2, 0) is 12.8 Å². The fourth-order valence-corrected chi connectivity index (χ4v) is 2.93. The molecular weight excluding hydrogens is 234 g/mol. The first-order valence-corrected chi connectivity index (χ1v) is 6.80. The normalized spacial score (nSPS) is 19.1. The minimum Gasteiger partial charge on any atom is -0.508 e. The van der Waals surface area contributed by atoms with E-state index in [1.54, 1.807) is 6.07 Å². The number of fused-ring (bicyclic) bond motifs is 1. The molecule has 1 aliphatic heterocycles. The Morgan fingerprint density at radius 2 is 1.95 bits per heavy atom. The van der Waals surface area contributed by atoms with E-state index in [0.29, 0.717) is 11.8 Å². The molecule has 1 heterocycles. The molecule has 0 aliphatic carbocycles. The Morgan fingerprint density at radius 3 is 2.74 bits per heavy atom. The summed E-state index contributed by atoms with van der Waals surface area (Å²) in [6.45, 7) is 1.05. The van der Waals surface area contributed by atoms with Gasteiger partial charge in [0.1, 0.15) is 5.75 Å². The van der Waals surface area contributed by atoms with Crippen molar-refractivity contribution in [2.45, 2.75) is 18.9 Å². The van der Waals surface area contributed by atoms with Gasteiger partial charge in [-0.15, -0.1) is 0 Å². The van der Waals surface area contributed by atoms with Gasteiger partial charge in [0, 0.05) is 12.6 Å². The van der Waals surface area contributed by atoms with E-state index in [-0.39, 0.29) is 0 Å². The molecule has 2 aromatic carbocycles. The zero-order valence-corrected chi connectivity index (χ0v) is 11.2. The van der Waals surface area contributed by atoms with Crippen LogP contribution >= 0.6 is 0 Å². The number of nitrogens with zero attached hydrogens (tertiary/aromatic N) is 1. The lowest BCUT2D eigenvalue weighted by atomic mass is 9.89. The highest BCUT2D eigenvalue weighted by molar-refractivity contribution is 5.39. The van der Waals surface area contributed by atoms with Crippen molar-refractivity contribution >= 4 is 0 Å². The fraction of sp³-hybridized carbons (Fsp3) is 0.294. The molecule has 2 heteroatoms. The number of phenolic OH excluding ortho intramolecular Hbond substituents is 1. The average Bonchev–Trinajstić information content (AvgIpc) is 2.43. The molecule has 1 unspecified atom stereocenters. The number of rotatable bonds is 2. The monoisotopic (exact) mass is 253 g/mol. The van der Waals surface area contributed by atoms with Gasteiger partial charge in [-0.2, -0.15) is 0 Å². The summed E-state index contributed by atoms with van der Waals surface area (Å²) in [5.74, 6) is 0.377. The van der Waals surface area contributed by atoms with Gasteiger partial charge in [-0.05, 0) is 48.7 Å². The number of phenols is 1. The molecule has 1 atom stereocenters. The van der Waals surface area contributed by atoms with Crippen LogP contribution in [0.15, 0.2) is 48.5 Å². The van der Waals surface area contributed by atoms with Gasteiger partial charge in [0.2, 0.25) is 0 Å². The molecule has 2 aromatic rings. The van der Waals surface area contributed by atoms with Crippen LogP contribution in [0, 0.1) is 0 Å². The maximum atomic E-state index is 9.62. The second-order valence-corrected chi connectivity index (χ2v) is 5.32. The highest BCUT2D eigenvalue weighted by Gasteiger charge is 2.24. The van der Waals surface area contributed by atoms with Gasteiger partial charge in [-0.25, -0.2) is 0 Å². The summed E-state index contributed by atoms with van der Waals surface area (Å²) in [4.78, 5) is 2.41. The maximum Gasteiger partial charge on any atom is 0.115 e. The predicted octanol–water partition coefficient (Wildman–Crippen LogP) is 3.16. The summed E-state index contributed by atoms with van der Waals surface area (Å²) < 4.78 is 0. The van der Waals surface area contributed by atoms with E-state index in [0.717, 1.165) is 19.4 Å². The molecule has 0 amide bonds. The topological polar surface area (TPSA) is 23.5 Å². The fourth-order valence-electron chi connectivity index (χ4n) is 2.93. The Bertz CT molecular complexity index is 565. The summed E-state index contributed by atoms with van der Waals surface area (Å²) >= 11 is 0. The molecule has 0 saturated carbocycles. The van der Waals surface area contributed by atoms with E-state index in [9.17, 15) is 5.11 Å². The third-order valence-corrected chi connectivity index (χ3v) is 4.02. The molecule has 0 spiro atoms. The van der Waals surface area contributed by atoms with Crippen molar-refractivity contribution in [3.05, 3.63) is 65.2 Å². The summed E-state index contributed by atoms with van der Waals surface area (Å²) in [5.41, 5.74) is 4.01. The lowest BCUT2D eigenvalue weighted by Gasteiger charge is -2.34. The molecular formula is C17H19NO. The zero-order valence-electron chi connectivity index (χ0n) is 11.2. The molecule has 0 radical (unpaired) electrons. The second-order valence-electron chi connectivity index (χ2n) is 5.32. The van der Waals surface area contributed by atoms with Crippen molar-refractivity contribution in [1.82, 2.24) is 4.90 Å². The van der Waals surface area contributed by atoms with Crippen molar-refractivity contribution < 1.29 is 5.11 Å². The van der Waals surface area contributed by atoms with Crippen LogP contribution in [0.25, 0.3) is 0 Å². The van der Waals surface area contributed by atoms with Crippen molar-refractivity contribution in [3.63, 3.8) is 0 Å². The first-order valence-electron chi connectivity index (χ1n) is 6.80. The van der Waals surface area contributed by atoms with Crippen molar-refractivity contribution in [2.24, 2.45) is 0 Å². The smallest absolute Gasteiger partial charge is 0.115 e. The largest absolute Gasteiger partial charge is 0.508 e. The number of likely N-dealkylation sites (N-methyl/N-ethyl adjacent to an activating group) is 1. The molecule has 98 valence electrons. The minimum absolute atomic E-state index is 0.377. The van der Waals surface area contributed by atoms with Gasteiger partial charge >= 0.3 is 0 Å². The number of hydrogen-bond donors (Lipinski definition) is 1. The molecule has 1 aliphatic rings. The van der Waals surface area contributed by atoms with Crippen LogP contribution < -0.4 is 0 Å². The highest BCUT2D eigenvalue weighted by Crippen LogP contribution is 2.33. The Kier molecular flexibility index (Phi) is 3.26. The zero-order chi connectivity index (χ0) is 13.2. The number of aromatic hydroxyl groups is 1. The molecule has 0 aromatic heterocycles. The highest BCUT2D eigenvalue weighted by atomic mass is 16.3. The van der Waals surface area contributed by atoms with E-state index in [2.05, 4.69) is 48.3 Å². The van der Waals surface area contributed by atoms with Gasteiger partial charge in [0.05, 0.1) is 0 Å². The Balaban J connectivity index is 1.93. The van der Waals surface area contributed by atoms with Crippen LogP contribution in [0.3, 0.4) is 0 Å². The van der Waals surface area contributed by atoms with E-state index in [4.69, 9.17) is 0 Å². The second kappa shape index (κ2) is 5.06. The summed E-state index contributed by atoms with van der Waals surface area (Å²) in [6.07, 6.45) is 2.04. The lowest BCUT2D eigenvalue weighted by Crippen LogP contribution is -2.33. The van der Waals surface area contributed by atoms with E-state index in [1.165, 1.54) is 16.7 Å². The molecule has 3 rings (SSSR count). The molecule has 0 saturated heterocycles. The summed E-state index contributed by atoms with van der Waals surface area (Å²) in [5, 5.41) is 9.62. The predicted molar refractivity (Wildman–Crippen MR) is 77.3 cm³/mol. The van der Waals surface area contributed by atoms with Crippen molar-refractivity contribution in [1.29, 1.82) is 0 Å². The van der Waals surface area contributed by atoms with Crippen molar-refractivity contribution in [3.8, 4) is 5.75 Å². The van der Waals surface area contributed by atoms with Crippen LogP contribution in [-0.4, -0.2) is 23.6 Å². The quantitative estimate of drug-likeness (QED) is 0.888. The van der Waals surface area contributed by atoms with Crippen LogP contribution in [0.4, 0.5) is 0 Å². The van der Waals surface area contributed by atoms with E-state index in [1.807, 2.05) is 6.07 Å². The van der Waals surface area contributed by atoms with E-state index >= 15 is 0 Å². The average molecular weight is 253 g/mol. The third kappa shape index (κ3) is 2.49. The SMILES string of the molecule is CN1CCc2cc(O)ccc2C1Cc1ccccc1. The van der Waals surface area contributed by atoms with Crippen LogP contribution in [0.1, 0.15) is 22.7 Å². The molecule has 0 bridgehead atoms. The molecule has 2 nitrogen and oxygen atoms in total. The Hall–Kier alpha value is -1.80. The minimum atomic E-state index is 0.377. The Labute approximate surface area is 114 Å². The number of benzene rings is 2. The summed E-state index contributed by atoms with van der Waals surface area (Å²) in [6, 6.07) is 16.8. The van der Waals surface area contributed by atoms with Crippen molar-refractivity contribution in [2.75, 3.05) is 13.6 Å². The lowest BCUT2D eigenvalue weighted by molar-refractivity contribution is 0.229. The number of hydrogen-bond acceptors (Lipinski definition) is 2. The van der Waals surface area contributed by atoms with Gasteiger partial charge in [-0.3, -0.25) is 4.90 Å². The maximum absolute atomic E-state index is 9.62. The van der Waals surface area contributed by atoms with Crippen LogP contribution in [0.2, 0.25) is 0 Å². The molecule has 19 heavy (non-hydrogen) atoms. The van der Waals surface area contributed by atoms with Gasteiger partial charge in [0.25, 0.3) is 0 Å². The standard InChI is InChI=1S/C17H19NO/c1-18-10-9-14-12-15(19)7-8-16(14)17(18)11-13-5-3-2-4-6-13/h2-8,12,17,19H,9-11H2,1H3. The van der Waals surface area contributed by atoms with Gasteiger partial charge < -0.3 is 5.11 Å². The molecule has 1 N–H and O–H groups in total. The van der Waals surface area contributed by atoms with Crippen LogP contribution in [0.5, 0.6) is 5.75 Å². The van der Waals surface area contributed by atoms with E-state index < -0.39 is 0 Å². The summed E-state index contributed by atoms with van der Waals surface area (Å²) in [7, 11) is 2.18. The first kappa shape index (κ1) is 12.2. The molecule has 0 fully saturated rings. The third-order valence-electron chi connectivity index (χ3n) is 4.02. The van der Waals surface area contributed by atoms with Gasteiger partial charge in [-0.1, -0.05) is 36.4 Å². The first-order chi connectivity index (χ1) is 9.24.